The van der Waals surface area contributed by atoms with Crippen LogP contribution in [0.25, 0.3) is 11.0 Å². The number of carbonyl (C=O) groups is 1. The molecule has 2 heterocycles. The zero-order valence-electron chi connectivity index (χ0n) is 19.5. The number of nitriles is 1. The number of nitrogens with zero attached hydrogens (tertiary/aromatic N) is 5. The van der Waals surface area contributed by atoms with Crippen LogP contribution in [0.2, 0.25) is 0 Å². The third kappa shape index (κ3) is 4.55. The Kier molecular flexibility index (Phi) is 6.19. The average molecular weight is 452 g/mol. The first-order valence-electron chi connectivity index (χ1n) is 10.9. The van der Waals surface area contributed by atoms with E-state index in [0.717, 1.165) is 22.4 Å². The van der Waals surface area contributed by atoms with Gasteiger partial charge in [-0.1, -0.05) is 30.3 Å². The number of anilines is 3. The highest BCUT2D eigenvalue weighted by Gasteiger charge is 2.21. The molecule has 0 aliphatic heterocycles. The molecule has 8 heteroatoms. The van der Waals surface area contributed by atoms with Gasteiger partial charge in [-0.2, -0.15) is 5.26 Å². The maximum atomic E-state index is 13.0. The highest BCUT2D eigenvalue weighted by molar-refractivity contribution is 5.98. The van der Waals surface area contributed by atoms with Gasteiger partial charge in [0.2, 0.25) is 0 Å². The van der Waals surface area contributed by atoms with Crippen molar-refractivity contribution >= 4 is 34.1 Å². The van der Waals surface area contributed by atoms with Crippen LogP contribution in [0.5, 0.6) is 0 Å². The molecule has 0 saturated heterocycles. The Hall–Kier alpha value is -4.38. The number of rotatable bonds is 7. The largest absolute Gasteiger partial charge is 0.371 e. The van der Waals surface area contributed by atoms with Crippen LogP contribution in [-0.4, -0.2) is 32.8 Å². The summed E-state index contributed by atoms with van der Waals surface area (Å²) in [5, 5.41) is 15.8. The average Bonchev–Trinajstić information content (AvgIpc) is 2.86. The molecule has 0 radical (unpaired) electrons. The number of fused-ring (bicyclic) bond motifs is 1. The molecular formula is C26H25N7O. The standard InChI is InChI=1S/C26H25N7O/c1-16-8-9-17(11-21(34)18-6-5-7-19(12-18)26(2,3)13-27)10-20(16)33-25-23-22(29-15-32-25)24(28-4)31-14-30-23/h5-10,12,14-15H,11H2,1-4H3,(H,28,30,31)(H,29,32,33). The molecule has 4 aromatic rings. The van der Waals surface area contributed by atoms with Crippen LogP contribution in [0.1, 0.15) is 40.9 Å². The lowest BCUT2D eigenvalue weighted by atomic mass is 9.85. The van der Waals surface area contributed by atoms with E-state index in [9.17, 15) is 10.1 Å². The Balaban J connectivity index is 1.61. The van der Waals surface area contributed by atoms with Gasteiger partial charge in [-0.05, 0) is 49.6 Å². The summed E-state index contributed by atoms with van der Waals surface area (Å²) >= 11 is 0. The predicted molar refractivity (Wildman–Crippen MR) is 132 cm³/mol. The van der Waals surface area contributed by atoms with Crippen LogP contribution in [0.4, 0.5) is 17.3 Å². The number of Topliss-reactive ketones (excluding diaryl/α,β-unsaturated/α-hetero) is 1. The molecule has 2 aromatic carbocycles. The van der Waals surface area contributed by atoms with Crippen LogP contribution in [0.15, 0.2) is 55.1 Å². The summed E-state index contributed by atoms with van der Waals surface area (Å²) in [6.45, 7) is 5.67. The molecule has 0 saturated carbocycles. The summed E-state index contributed by atoms with van der Waals surface area (Å²) in [7, 11) is 1.78. The van der Waals surface area contributed by atoms with Gasteiger partial charge in [0.05, 0.1) is 11.5 Å². The number of hydrogen-bond donors (Lipinski definition) is 2. The minimum absolute atomic E-state index is 0.00992. The van der Waals surface area contributed by atoms with E-state index in [0.29, 0.717) is 28.2 Å². The van der Waals surface area contributed by atoms with Crippen LogP contribution in [-0.2, 0) is 11.8 Å². The number of carbonyl (C=O) groups excluding carboxylic acids is 1. The van der Waals surface area contributed by atoms with Crippen molar-refractivity contribution in [1.82, 2.24) is 19.9 Å². The third-order valence-electron chi connectivity index (χ3n) is 5.76. The van der Waals surface area contributed by atoms with Crippen LogP contribution >= 0.6 is 0 Å². The van der Waals surface area contributed by atoms with E-state index in [2.05, 4.69) is 36.6 Å². The van der Waals surface area contributed by atoms with Crippen LogP contribution < -0.4 is 10.6 Å². The zero-order valence-corrected chi connectivity index (χ0v) is 19.5. The zero-order chi connectivity index (χ0) is 24.3. The maximum absolute atomic E-state index is 13.0. The van der Waals surface area contributed by atoms with Crippen molar-refractivity contribution in [3.8, 4) is 6.07 Å². The monoisotopic (exact) mass is 451 g/mol. The van der Waals surface area contributed by atoms with E-state index in [1.54, 1.807) is 13.1 Å². The Morgan fingerprint density at radius 2 is 1.71 bits per heavy atom. The molecule has 0 atom stereocenters. The van der Waals surface area contributed by atoms with E-state index in [4.69, 9.17) is 0 Å². The molecule has 0 unspecified atom stereocenters. The minimum atomic E-state index is -0.658. The van der Waals surface area contributed by atoms with Gasteiger partial charge >= 0.3 is 0 Å². The fraction of sp³-hybridized carbons (Fsp3) is 0.231. The van der Waals surface area contributed by atoms with Gasteiger partial charge in [0, 0.05) is 24.7 Å². The van der Waals surface area contributed by atoms with Crippen molar-refractivity contribution in [2.75, 3.05) is 17.7 Å². The Morgan fingerprint density at radius 1 is 1.00 bits per heavy atom. The lowest BCUT2D eigenvalue weighted by Crippen LogP contribution is -2.15. The van der Waals surface area contributed by atoms with Crippen molar-refractivity contribution in [3.05, 3.63) is 77.4 Å². The minimum Gasteiger partial charge on any atom is -0.371 e. The Morgan fingerprint density at radius 3 is 2.41 bits per heavy atom. The van der Waals surface area contributed by atoms with E-state index in [1.807, 2.05) is 57.2 Å². The van der Waals surface area contributed by atoms with Gasteiger partial charge in [0.15, 0.2) is 17.4 Å². The van der Waals surface area contributed by atoms with Gasteiger partial charge in [-0.15, -0.1) is 0 Å². The summed E-state index contributed by atoms with van der Waals surface area (Å²) in [4.78, 5) is 30.2. The fourth-order valence-electron chi connectivity index (χ4n) is 3.63. The molecule has 34 heavy (non-hydrogen) atoms. The van der Waals surface area contributed by atoms with Crippen molar-refractivity contribution in [2.24, 2.45) is 0 Å². The summed E-state index contributed by atoms with van der Waals surface area (Å²) in [6.07, 6.45) is 3.17. The SMILES string of the molecule is CNc1ncnc2c(Nc3cc(CC(=O)c4cccc(C(C)(C)C#N)c4)ccc3C)ncnc12. The first-order chi connectivity index (χ1) is 16.3. The van der Waals surface area contributed by atoms with Gasteiger partial charge in [-0.3, -0.25) is 4.79 Å². The molecule has 0 aliphatic rings. The Labute approximate surface area is 198 Å². The number of benzene rings is 2. The van der Waals surface area contributed by atoms with E-state index < -0.39 is 5.41 Å². The molecule has 8 nitrogen and oxygen atoms in total. The van der Waals surface area contributed by atoms with Gasteiger partial charge in [0.25, 0.3) is 0 Å². The second kappa shape index (κ2) is 9.24. The van der Waals surface area contributed by atoms with Crippen molar-refractivity contribution in [2.45, 2.75) is 32.6 Å². The summed E-state index contributed by atoms with van der Waals surface area (Å²) in [5.41, 5.74) is 4.67. The molecule has 4 rings (SSSR count). The topological polar surface area (TPSA) is 116 Å². The van der Waals surface area contributed by atoms with Gasteiger partial charge in [0.1, 0.15) is 23.7 Å². The van der Waals surface area contributed by atoms with Crippen LogP contribution in [0, 0.1) is 18.3 Å². The summed E-state index contributed by atoms with van der Waals surface area (Å²) < 4.78 is 0. The summed E-state index contributed by atoms with van der Waals surface area (Å²) in [5.74, 6) is 1.17. The molecule has 170 valence electrons. The molecular weight excluding hydrogens is 426 g/mol. The number of nitrogens with one attached hydrogen (secondary N) is 2. The lowest BCUT2D eigenvalue weighted by molar-refractivity contribution is 0.0993. The second-order valence-corrected chi connectivity index (χ2v) is 8.58. The van der Waals surface area contributed by atoms with Crippen molar-refractivity contribution < 1.29 is 4.79 Å². The smallest absolute Gasteiger partial charge is 0.167 e. The van der Waals surface area contributed by atoms with Gasteiger partial charge in [-0.25, -0.2) is 19.9 Å². The fourth-order valence-corrected chi connectivity index (χ4v) is 3.63. The predicted octanol–water partition coefficient (Wildman–Crippen LogP) is 4.74. The van der Waals surface area contributed by atoms with Crippen molar-refractivity contribution in [1.29, 1.82) is 5.26 Å². The van der Waals surface area contributed by atoms with E-state index in [1.165, 1.54) is 12.7 Å². The molecule has 0 fully saturated rings. The maximum Gasteiger partial charge on any atom is 0.167 e. The highest BCUT2D eigenvalue weighted by Crippen LogP contribution is 2.27. The molecule has 2 N–H and O–H groups in total. The number of aryl methyl sites for hydroxylation is 1. The number of ketones is 1. The van der Waals surface area contributed by atoms with E-state index in [-0.39, 0.29) is 12.2 Å². The normalized spacial score (nSPS) is 11.1. The molecule has 0 aliphatic carbocycles. The first-order valence-corrected chi connectivity index (χ1v) is 10.9. The Bertz CT molecular complexity index is 1420. The quantitative estimate of drug-likeness (QED) is 0.387. The first kappa shape index (κ1) is 22.8. The number of hydrogen-bond acceptors (Lipinski definition) is 8. The van der Waals surface area contributed by atoms with E-state index >= 15 is 0 Å². The van der Waals surface area contributed by atoms with Crippen molar-refractivity contribution in [3.63, 3.8) is 0 Å². The second-order valence-electron chi connectivity index (χ2n) is 8.58. The molecule has 2 aromatic heterocycles. The third-order valence-corrected chi connectivity index (χ3v) is 5.76. The molecule has 0 amide bonds. The van der Waals surface area contributed by atoms with Crippen LogP contribution in [0.3, 0.4) is 0 Å². The lowest BCUT2D eigenvalue weighted by Gasteiger charge is -2.16. The highest BCUT2D eigenvalue weighted by atomic mass is 16.1. The molecule has 0 spiro atoms. The molecule has 0 bridgehead atoms. The number of aromatic nitrogens is 4. The van der Waals surface area contributed by atoms with Gasteiger partial charge < -0.3 is 10.6 Å². The summed E-state index contributed by atoms with van der Waals surface area (Å²) in [6, 6.07) is 15.5.